The molecule has 2 amide bonds. The Morgan fingerprint density at radius 3 is 2.50 bits per heavy atom. The van der Waals surface area contributed by atoms with Crippen LogP contribution < -0.4 is 5.32 Å². The molecule has 146 valence electrons. The number of nitrogens with one attached hydrogen (secondary N) is 1. The average molecular weight is 378 g/mol. The Morgan fingerprint density at radius 2 is 1.82 bits per heavy atom. The quantitative estimate of drug-likeness (QED) is 0.760. The normalized spacial score (nSPS) is 15.4. The molecule has 7 heteroatoms. The maximum atomic E-state index is 12.6. The molecule has 0 unspecified atom stereocenters. The van der Waals surface area contributed by atoms with Gasteiger partial charge in [-0.15, -0.1) is 0 Å². The standard InChI is InChI=1S/C21H26N6O/c1-15(2)26-6-8-27(9-7-26)21(28)24-20-11-18-10-16(4-5-17(18)12-22-20)19-13-23-25(3)14-19/h4-5,10-15H,6-9H2,1-3H3,(H,22,24,28). The second-order valence-electron chi connectivity index (χ2n) is 7.58. The topological polar surface area (TPSA) is 66.3 Å². The van der Waals surface area contributed by atoms with Crippen LogP contribution in [0.1, 0.15) is 13.8 Å². The number of hydrogen-bond acceptors (Lipinski definition) is 4. The highest BCUT2D eigenvalue weighted by atomic mass is 16.2. The van der Waals surface area contributed by atoms with Gasteiger partial charge in [0.25, 0.3) is 0 Å². The third kappa shape index (κ3) is 3.84. The van der Waals surface area contributed by atoms with Crippen molar-refractivity contribution in [1.29, 1.82) is 0 Å². The van der Waals surface area contributed by atoms with Crippen LogP contribution in [-0.2, 0) is 7.05 Å². The lowest BCUT2D eigenvalue weighted by atomic mass is 10.1. The van der Waals surface area contributed by atoms with Gasteiger partial charge in [-0.3, -0.25) is 14.9 Å². The maximum absolute atomic E-state index is 12.6. The summed E-state index contributed by atoms with van der Waals surface area (Å²) in [7, 11) is 1.91. The van der Waals surface area contributed by atoms with E-state index in [0.717, 1.165) is 48.1 Å². The summed E-state index contributed by atoms with van der Waals surface area (Å²) in [6, 6.07) is 8.57. The number of aryl methyl sites for hydroxylation is 1. The zero-order valence-corrected chi connectivity index (χ0v) is 16.6. The SMILES string of the molecule is CC(C)N1CCN(C(=O)Nc2cc3cc(-c4cnn(C)c4)ccc3cn2)CC1. The summed E-state index contributed by atoms with van der Waals surface area (Å²) in [5.41, 5.74) is 2.16. The molecule has 3 heterocycles. The second kappa shape index (κ2) is 7.59. The number of rotatable bonds is 3. The van der Waals surface area contributed by atoms with E-state index in [1.807, 2.05) is 36.5 Å². The van der Waals surface area contributed by atoms with Gasteiger partial charge in [-0.25, -0.2) is 9.78 Å². The van der Waals surface area contributed by atoms with Crippen molar-refractivity contribution in [3.63, 3.8) is 0 Å². The van der Waals surface area contributed by atoms with Gasteiger partial charge < -0.3 is 4.90 Å². The van der Waals surface area contributed by atoms with Crippen LogP contribution in [0.5, 0.6) is 0 Å². The Labute approximate surface area is 165 Å². The maximum Gasteiger partial charge on any atom is 0.323 e. The Kier molecular flexibility index (Phi) is 5.00. The van der Waals surface area contributed by atoms with E-state index in [9.17, 15) is 4.79 Å². The molecular formula is C21H26N6O. The van der Waals surface area contributed by atoms with Gasteiger partial charge >= 0.3 is 6.03 Å². The lowest BCUT2D eigenvalue weighted by Gasteiger charge is -2.36. The number of anilines is 1. The number of benzene rings is 1. The Bertz CT molecular complexity index is 987. The number of piperazine rings is 1. The minimum Gasteiger partial charge on any atom is -0.322 e. The third-order valence-corrected chi connectivity index (χ3v) is 5.33. The van der Waals surface area contributed by atoms with Crippen molar-refractivity contribution >= 4 is 22.6 Å². The van der Waals surface area contributed by atoms with Crippen molar-refractivity contribution < 1.29 is 4.79 Å². The van der Waals surface area contributed by atoms with Gasteiger partial charge in [-0.1, -0.05) is 12.1 Å². The summed E-state index contributed by atoms with van der Waals surface area (Å²) in [5.74, 6) is 0.576. The molecular weight excluding hydrogens is 352 g/mol. The first-order valence-electron chi connectivity index (χ1n) is 9.68. The Hall–Kier alpha value is -2.93. The van der Waals surface area contributed by atoms with Crippen molar-refractivity contribution in [2.75, 3.05) is 31.5 Å². The summed E-state index contributed by atoms with van der Waals surface area (Å²) in [4.78, 5) is 21.3. The molecule has 4 rings (SSSR count). The van der Waals surface area contributed by atoms with Gasteiger partial charge in [0.15, 0.2) is 0 Å². The number of amides is 2. The molecule has 0 radical (unpaired) electrons. The van der Waals surface area contributed by atoms with Crippen LogP contribution in [0.3, 0.4) is 0 Å². The number of hydrogen-bond donors (Lipinski definition) is 1. The van der Waals surface area contributed by atoms with Crippen LogP contribution in [0.25, 0.3) is 21.9 Å². The summed E-state index contributed by atoms with van der Waals surface area (Å²) < 4.78 is 1.79. The van der Waals surface area contributed by atoms with E-state index in [1.165, 1.54) is 0 Å². The number of urea groups is 1. The third-order valence-electron chi connectivity index (χ3n) is 5.33. The second-order valence-corrected chi connectivity index (χ2v) is 7.58. The predicted molar refractivity (Wildman–Crippen MR) is 111 cm³/mol. The fourth-order valence-corrected chi connectivity index (χ4v) is 3.59. The fourth-order valence-electron chi connectivity index (χ4n) is 3.59. The van der Waals surface area contributed by atoms with E-state index in [1.54, 1.807) is 10.9 Å². The number of nitrogens with zero attached hydrogens (tertiary/aromatic N) is 5. The lowest BCUT2D eigenvalue weighted by molar-refractivity contribution is 0.125. The molecule has 2 aromatic heterocycles. The summed E-state index contributed by atoms with van der Waals surface area (Å²) >= 11 is 0. The molecule has 1 saturated heterocycles. The molecule has 1 N–H and O–H groups in total. The smallest absolute Gasteiger partial charge is 0.322 e. The lowest BCUT2D eigenvalue weighted by Crippen LogP contribution is -2.51. The number of carbonyl (C=O) groups excluding carboxylic acids is 1. The van der Waals surface area contributed by atoms with Crippen LogP contribution in [0.4, 0.5) is 10.6 Å². The summed E-state index contributed by atoms with van der Waals surface area (Å²) in [5, 5.41) is 9.26. The van der Waals surface area contributed by atoms with Gasteiger partial charge in [0.05, 0.1) is 6.20 Å². The predicted octanol–water partition coefficient (Wildman–Crippen LogP) is 3.19. The van der Waals surface area contributed by atoms with E-state index in [0.29, 0.717) is 11.9 Å². The molecule has 28 heavy (non-hydrogen) atoms. The highest BCUT2D eigenvalue weighted by Gasteiger charge is 2.22. The van der Waals surface area contributed by atoms with E-state index >= 15 is 0 Å². The molecule has 1 aliphatic rings. The minimum absolute atomic E-state index is 0.0846. The van der Waals surface area contributed by atoms with E-state index in [-0.39, 0.29) is 6.03 Å². The number of pyridine rings is 1. The molecule has 3 aromatic rings. The molecule has 1 aromatic carbocycles. The zero-order chi connectivity index (χ0) is 19.7. The molecule has 0 aliphatic carbocycles. The van der Waals surface area contributed by atoms with E-state index in [2.05, 4.69) is 46.3 Å². The van der Waals surface area contributed by atoms with Gasteiger partial charge in [0.2, 0.25) is 0 Å². The van der Waals surface area contributed by atoms with Gasteiger partial charge in [0.1, 0.15) is 5.82 Å². The van der Waals surface area contributed by atoms with Crippen LogP contribution in [0.2, 0.25) is 0 Å². The first-order chi connectivity index (χ1) is 13.5. The number of fused-ring (bicyclic) bond motifs is 1. The van der Waals surface area contributed by atoms with Gasteiger partial charge in [-0.05, 0) is 36.9 Å². The van der Waals surface area contributed by atoms with Crippen molar-refractivity contribution in [2.24, 2.45) is 7.05 Å². The monoisotopic (exact) mass is 378 g/mol. The first kappa shape index (κ1) is 18.4. The van der Waals surface area contributed by atoms with E-state index < -0.39 is 0 Å². The zero-order valence-electron chi connectivity index (χ0n) is 16.6. The molecule has 1 aliphatic heterocycles. The highest BCUT2D eigenvalue weighted by Crippen LogP contribution is 2.25. The fraction of sp³-hybridized carbons (Fsp3) is 0.381. The first-order valence-corrected chi connectivity index (χ1v) is 9.68. The van der Waals surface area contributed by atoms with Crippen LogP contribution in [-0.4, -0.2) is 62.8 Å². The van der Waals surface area contributed by atoms with E-state index in [4.69, 9.17) is 0 Å². The van der Waals surface area contributed by atoms with Gasteiger partial charge in [0, 0.05) is 62.6 Å². The summed E-state index contributed by atoms with van der Waals surface area (Å²) in [6.45, 7) is 7.67. The van der Waals surface area contributed by atoms with Crippen LogP contribution in [0.15, 0.2) is 42.9 Å². The Morgan fingerprint density at radius 1 is 1.04 bits per heavy atom. The van der Waals surface area contributed by atoms with Crippen molar-refractivity contribution in [3.05, 3.63) is 42.9 Å². The Balaban J connectivity index is 1.49. The molecule has 0 atom stereocenters. The molecule has 7 nitrogen and oxygen atoms in total. The van der Waals surface area contributed by atoms with Gasteiger partial charge in [-0.2, -0.15) is 5.10 Å². The largest absolute Gasteiger partial charge is 0.323 e. The molecule has 0 bridgehead atoms. The molecule has 0 spiro atoms. The van der Waals surface area contributed by atoms with Crippen molar-refractivity contribution in [1.82, 2.24) is 24.6 Å². The molecule has 0 saturated carbocycles. The molecule has 1 fully saturated rings. The minimum atomic E-state index is -0.0846. The summed E-state index contributed by atoms with van der Waals surface area (Å²) in [6.07, 6.45) is 5.64. The van der Waals surface area contributed by atoms with Crippen LogP contribution in [0, 0.1) is 0 Å². The van der Waals surface area contributed by atoms with Crippen LogP contribution >= 0.6 is 0 Å². The van der Waals surface area contributed by atoms with Crippen molar-refractivity contribution in [3.8, 4) is 11.1 Å². The van der Waals surface area contributed by atoms with Crippen molar-refractivity contribution in [2.45, 2.75) is 19.9 Å². The number of carbonyl (C=O) groups is 1. The average Bonchev–Trinajstić information content (AvgIpc) is 3.14. The number of aromatic nitrogens is 3. The highest BCUT2D eigenvalue weighted by molar-refractivity contribution is 5.93.